The van der Waals surface area contributed by atoms with Gasteiger partial charge in [-0.15, -0.1) is 12.4 Å². The van der Waals surface area contributed by atoms with Gasteiger partial charge in [0, 0.05) is 18.8 Å². The predicted octanol–water partition coefficient (Wildman–Crippen LogP) is 3.09. The number of carboxylic acids is 1. The fourth-order valence-corrected chi connectivity index (χ4v) is 2.77. The summed E-state index contributed by atoms with van der Waals surface area (Å²) in [7, 11) is 5.82. The summed E-state index contributed by atoms with van der Waals surface area (Å²) < 4.78 is 5.88. The van der Waals surface area contributed by atoms with Crippen molar-refractivity contribution in [2.24, 2.45) is 0 Å². The third-order valence-electron chi connectivity index (χ3n) is 3.93. The molecule has 5 nitrogen and oxygen atoms in total. The van der Waals surface area contributed by atoms with Crippen LogP contribution in [-0.4, -0.2) is 50.2 Å². The lowest BCUT2D eigenvalue weighted by molar-refractivity contribution is -0.873. The van der Waals surface area contributed by atoms with E-state index < -0.39 is 12.1 Å². The molecule has 0 spiro atoms. The van der Waals surface area contributed by atoms with Crippen molar-refractivity contribution < 1.29 is 23.9 Å². The lowest BCUT2D eigenvalue weighted by atomic mass is 10.1. The van der Waals surface area contributed by atoms with E-state index in [1.807, 2.05) is 21.1 Å². The third-order valence-corrected chi connectivity index (χ3v) is 3.93. The summed E-state index contributed by atoms with van der Waals surface area (Å²) in [5, 5.41) is 10.8. The number of hydrogen-bond acceptors (Lipinski definition) is 4. The van der Waals surface area contributed by atoms with Crippen LogP contribution in [0.4, 0.5) is 0 Å². The maximum atomic E-state index is 11.9. The van der Waals surface area contributed by atoms with Gasteiger partial charge in [-0.05, 0) is 6.42 Å². The fraction of sp³-hybridized carbons (Fsp3) is 0.895. The summed E-state index contributed by atoms with van der Waals surface area (Å²) in [4.78, 5) is 22.7. The van der Waals surface area contributed by atoms with Gasteiger partial charge in [0.1, 0.15) is 6.54 Å². The molecule has 0 aromatic heterocycles. The molecule has 0 rings (SSSR count). The number of aliphatic carboxylic acids is 1. The van der Waals surface area contributed by atoms with Crippen LogP contribution in [0.2, 0.25) is 0 Å². The van der Waals surface area contributed by atoms with Gasteiger partial charge in [0.25, 0.3) is 0 Å². The first-order valence-electron chi connectivity index (χ1n) is 9.44. The van der Waals surface area contributed by atoms with Gasteiger partial charge in [-0.2, -0.15) is 0 Å². The Labute approximate surface area is 160 Å². The average Bonchev–Trinajstić information content (AvgIpc) is 2.42. The minimum atomic E-state index is -1.18. The first-order chi connectivity index (χ1) is 11.2. The van der Waals surface area contributed by atoms with Crippen LogP contribution in [0.15, 0.2) is 0 Å². The Hall–Kier alpha value is -0.810. The maximum Gasteiger partial charge on any atom is 0.306 e. The molecule has 0 saturated heterocycles. The van der Waals surface area contributed by atoms with Gasteiger partial charge in [0.2, 0.25) is 0 Å². The number of hydrogen-bond donors (Lipinski definition) is 0. The molecule has 0 aliphatic heterocycles. The van der Waals surface area contributed by atoms with E-state index in [-0.39, 0.29) is 24.8 Å². The summed E-state index contributed by atoms with van der Waals surface area (Å²) in [5.74, 6) is -1.47. The second-order valence-corrected chi connectivity index (χ2v) is 7.74. The molecule has 0 aliphatic rings. The molecule has 1 atom stereocenters. The minimum absolute atomic E-state index is 0. The van der Waals surface area contributed by atoms with E-state index in [0.717, 1.165) is 19.3 Å². The number of quaternary nitrogens is 1. The monoisotopic (exact) mass is 379 g/mol. The van der Waals surface area contributed by atoms with E-state index in [1.165, 1.54) is 38.5 Å². The van der Waals surface area contributed by atoms with E-state index >= 15 is 0 Å². The molecule has 0 unspecified atom stereocenters. The second kappa shape index (κ2) is 15.4. The van der Waals surface area contributed by atoms with Crippen LogP contribution in [0.5, 0.6) is 0 Å². The average molecular weight is 380 g/mol. The summed E-state index contributed by atoms with van der Waals surface area (Å²) in [6.45, 7) is 2.69. The molecule has 0 aliphatic carbocycles. The molecule has 0 aromatic rings. The molecule has 0 N–H and O–H groups in total. The standard InChI is InChI=1S/C19H37NO4.ClH/c1-5-6-7-8-9-10-11-12-13-14-19(23)24-17(15-18(21)22)16-20(2,3)4;/h17H,5-16H2,1-4H3;1H/t17-;/m1./s1. The number of halogens is 1. The molecule has 0 radical (unpaired) electrons. The van der Waals surface area contributed by atoms with Crippen molar-refractivity contribution in [1.82, 2.24) is 0 Å². The number of carboxylic acid groups (broad SMARTS) is 1. The molecule has 0 aromatic carbocycles. The summed E-state index contributed by atoms with van der Waals surface area (Å²) in [5.41, 5.74) is 0. The first kappa shape index (κ1) is 26.4. The Morgan fingerprint density at radius 2 is 1.40 bits per heavy atom. The largest absolute Gasteiger partial charge is 0.550 e. The van der Waals surface area contributed by atoms with E-state index in [0.29, 0.717) is 17.4 Å². The highest BCUT2D eigenvalue weighted by atomic mass is 35.5. The SMILES string of the molecule is CCCCCCCCCCCC(=O)O[C@H](CC(=O)[O-])C[N+](C)(C)C.Cl. The molecule has 0 amide bonds. The summed E-state index contributed by atoms with van der Waals surface area (Å²) in [6.07, 6.45) is 10.3. The van der Waals surface area contributed by atoms with Crippen molar-refractivity contribution in [3.05, 3.63) is 0 Å². The van der Waals surface area contributed by atoms with Crippen LogP contribution in [0.3, 0.4) is 0 Å². The van der Waals surface area contributed by atoms with Crippen molar-refractivity contribution in [2.75, 3.05) is 27.7 Å². The van der Waals surface area contributed by atoms with E-state index in [1.54, 1.807) is 0 Å². The highest BCUT2D eigenvalue weighted by Crippen LogP contribution is 2.12. The quantitative estimate of drug-likeness (QED) is 0.249. The Morgan fingerprint density at radius 1 is 0.920 bits per heavy atom. The number of esters is 1. The van der Waals surface area contributed by atoms with Crippen LogP contribution in [0.25, 0.3) is 0 Å². The van der Waals surface area contributed by atoms with Crippen molar-refractivity contribution in [3.8, 4) is 0 Å². The van der Waals surface area contributed by atoms with Crippen molar-refractivity contribution >= 4 is 24.3 Å². The molecule has 0 fully saturated rings. The Morgan fingerprint density at radius 3 is 1.84 bits per heavy atom. The van der Waals surface area contributed by atoms with E-state index in [9.17, 15) is 14.7 Å². The van der Waals surface area contributed by atoms with E-state index in [2.05, 4.69) is 6.92 Å². The van der Waals surface area contributed by atoms with Crippen molar-refractivity contribution in [1.29, 1.82) is 0 Å². The Balaban J connectivity index is 0. The highest BCUT2D eigenvalue weighted by molar-refractivity contribution is 5.85. The number of likely N-dealkylation sites (N-methyl/N-ethyl adjacent to an activating group) is 1. The summed E-state index contributed by atoms with van der Waals surface area (Å²) >= 11 is 0. The van der Waals surface area contributed by atoms with Gasteiger partial charge in [-0.1, -0.05) is 58.3 Å². The number of rotatable bonds is 15. The number of carbonyl (C=O) groups is 2. The number of unbranched alkanes of at least 4 members (excludes halogenated alkanes) is 8. The predicted molar refractivity (Wildman–Crippen MR) is 101 cm³/mol. The van der Waals surface area contributed by atoms with Crippen LogP contribution in [0.1, 0.15) is 77.6 Å². The molecule has 6 heteroatoms. The van der Waals surface area contributed by atoms with Crippen LogP contribution < -0.4 is 5.11 Å². The Bertz CT molecular complexity index is 356. The molecular formula is C19H38ClNO4. The second-order valence-electron chi connectivity index (χ2n) is 7.74. The van der Waals surface area contributed by atoms with Gasteiger partial charge in [0.05, 0.1) is 21.1 Å². The van der Waals surface area contributed by atoms with Gasteiger partial charge in [0.15, 0.2) is 6.10 Å². The zero-order valence-corrected chi connectivity index (χ0v) is 17.4. The molecule has 150 valence electrons. The van der Waals surface area contributed by atoms with Gasteiger partial charge >= 0.3 is 5.97 Å². The lowest BCUT2D eigenvalue weighted by Gasteiger charge is -2.29. The van der Waals surface area contributed by atoms with Crippen LogP contribution >= 0.6 is 12.4 Å². The number of ether oxygens (including phenoxy) is 1. The van der Waals surface area contributed by atoms with Gasteiger partial charge in [-0.3, -0.25) is 4.79 Å². The number of nitrogens with zero attached hydrogens (tertiary/aromatic N) is 1. The topological polar surface area (TPSA) is 66.4 Å². The smallest absolute Gasteiger partial charge is 0.306 e. The van der Waals surface area contributed by atoms with Crippen molar-refractivity contribution in [2.45, 2.75) is 83.7 Å². The summed E-state index contributed by atoms with van der Waals surface area (Å²) in [6, 6.07) is 0. The van der Waals surface area contributed by atoms with Crippen molar-refractivity contribution in [3.63, 3.8) is 0 Å². The molecule has 0 heterocycles. The zero-order chi connectivity index (χ0) is 18.4. The number of carbonyl (C=O) groups excluding carboxylic acids is 2. The van der Waals surface area contributed by atoms with Gasteiger partial charge < -0.3 is 19.1 Å². The van der Waals surface area contributed by atoms with Crippen LogP contribution in [-0.2, 0) is 14.3 Å². The molecule has 25 heavy (non-hydrogen) atoms. The maximum absolute atomic E-state index is 11.9. The Kier molecular flexibility index (Phi) is 16.3. The first-order valence-corrected chi connectivity index (χ1v) is 9.44. The fourth-order valence-electron chi connectivity index (χ4n) is 2.77. The third kappa shape index (κ3) is 19.4. The highest BCUT2D eigenvalue weighted by Gasteiger charge is 2.22. The minimum Gasteiger partial charge on any atom is -0.550 e. The lowest BCUT2D eigenvalue weighted by Crippen LogP contribution is -2.45. The van der Waals surface area contributed by atoms with Gasteiger partial charge in [-0.25, -0.2) is 0 Å². The normalized spacial score (nSPS) is 12.3. The molecule has 0 bridgehead atoms. The molecule has 0 saturated carbocycles. The molecular weight excluding hydrogens is 342 g/mol. The van der Waals surface area contributed by atoms with E-state index in [4.69, 9.17) is 4.74 Å². The van der Waals surface area contributed by atoms with Crippen LogP contribution in [0, 0.1) is 0 Å². The zero-order valence-electron chi connectivity index (χ0n) is 16.6.